The molecule has 1 aromatic rings. The van der Waals surface area contributed by atoms with E-state index in [0.29, 0.717) is 12.4 Å². The van der Waals surface area contributed by atoms with E-state index in [1.807, 2.05) is 6.92 Å². The molecule has 0 amide bonds. The van der Waals surface area contributed by atoms with E-state index >= 15 is 0 Å². The minimum absolute atomic E-state index is 0.251. The predicted octanol–water partition coefficient (Wildman–Crippen LogP) is 3.99. The molecule has 0 bridgehead atoms. The van der Waals surface area contributed by atoms with Crippen LogP contribution in [0.1, 0.15) is 13.3 Å². The molecule has 1 rings (SSSR count). The van der Waals surface area contributed by atoms with Gasteiger partial charge in [-0.2, -0.15) is 0 Å². The van der Waals surface area contributed by atoms with Crippen LogP contribution in [0.5, 0.6) is 5.75 Å². The molecule has 15 heavy (non-hydrogen) atoms. The number of hydrogen-bond donors (Lipinski definition) is 0. The zero-order valence-electron chi connectivity index (χ0n) is 10.0. The standard InChI is InChI=1S/C9H11FO.3CH3.Sn/c1-2-6-11-9-5-3-4-8(10)7-9;;;;/h3-5,7H,2,6H2,1H3;3*1H3;. The second-order valence-corrected chi connectivity index (χ2v) is 12.4. The fourth-order valence-electron chi connectivity index (χ4n) is 0.777. The third-order valence-electron chi connectivity index (χ3n) is 1.27. The van der Waals surface area contributed by atoms with Crippen molar-refractivity contribution in [1.29, 1.82) is 0 Å². The first-order valence-electron chi connectivity index (χ1n) is 5.21. The summed E-state index contributed by atoms with van der Waals surface area (Å²) in [5, 5.41) is 0. The summed E-state index contributed by atoms with van der Waals surface area (Å²) in [5.74, 6) is 0.352. The molecule has 0 saturated carbocycles. The second-order valence-electron chi connectivity index (χ2n) is 3.81. The zero-order valence-corrected chi connectivity index (χ0v) is 12.9. The molecule has 0 fully saturated rings. The Hall–Kier alpha value is -0.251. The Labute approximate surface area is 99.4 Å². The molecule has 0 aromatic heterocycles. The molecular formula is C12H20FOSn. The molecule has 0 atom stereocenters. The van der Waals surface area contributed by atoms with Crippen LogP contribution in [-0.2, 0) is 0 Å². The van der Waals surface area contributed by atoms with Gasteiger partial charge in [-0.3, -0.25) is 0 Å². The number of rotatable bonds is 3. The average Bonchev–Trinajstić information content (AvgIpc) is 2.14. The number of ether oxygens (including phenoxy) is 1. The fraction of sp³-hybridized carbons (Fsp3) is 0.500. The maximum absolute atomic E-state index is 12.5. The van der Waals surface area contributed by atoms with E-state index in [2.05, 4.69) is 14.8 Å². The second kappa shape index (κ2) is 9.01. The van der Waals surface area contributed by atoms with Gasteiger partial charge in [0.05, 0.1) is 6.61 Å². The summed E-state index contributed by atoms with van der Waals surface area (Å²) in [6.45, 7) is 2.66. The third-order valence-corrected chi connectivity index (χ3v) is 1.27. The minimum atomic E-state index is -0.543. The SMILES string of the molecule is CCCOc1cccc(F)c1.[CH3][Sn]([CH3])[CH3]. The van der Waals surface area contributed by atoms with Crippen molar-refractivity contribution in [2.24, 2.45) is 0 Å². The van der Waals surface area contributed by atoms with E-state index in [-0.39, 0.29) is 5.82 Å². The molecule has 1 radical (unpaired) electrons. The van der Waals surface area contributed by atoms with E-state index in [1.165, 1.54) is 12.1 Å². The first-order valence-corrected chi connectivity index (χ1v) is 13.8. The Morgan fingerprint density at radius 1 is 1.27 bits per heavy atom. The van der Waals surface area contributed by atoms with Crippen molar-refractivity contribution >= 4 is 19.8 Å². The van der Waals surface area contributed by atoms with Crippen LogP contribution in [-0.4, -0.2) is 26.4 Å². The molecule has 0 N–H and O–H groups in total. The maximum atomic E-state index is 12.5. The van der Waals surface area contributed by atoms with Crippen LogP contribution in [0.25, 0.3) is 0 Å². The van der Waals surface area contributed by atoms with Crippen molar-refractivity contribution < 1.29 is 9.13 Å². The average molecular weight is 318 g/mol. The molecule has 1 aromatic carbocycles. The summed E-state index contributed by atoms with van der Waals surface area (Å²) < 4.78 is 17.7. The molecule has 0 aliphatic rings. The summed E-state index contributed by atoms with van der Waals surface area (Å²) in [6.07, 6.45) is 0.941. The van der Waals surface area contributed by atoms with Gasteiger partial charge in [0, 0.05) is 6.07 Å². The normalized spacial score (nSPS) is 9.47. The molecule has 0 heterocycles. The quantitative estimate of drug-likeness (QED) is 0.766. The number of benzene rings is 1. The molecule has 3 heteroatoms. The third kappa shape index (κ3) is 10.0. The van der Waals surface area contributed by atoms with Gasteiger partial charge in [0.2, 0.25) is 0 Å². The Kier molecular flexibility index (Phi) is 8.86. The van der Waals surface area contributed by atoms with Gasteiger partial charge in [0.25, 0.3) is 0 Å². The van der Waals surface area contributed by atoms with Gasteiger partial charge < -0.3 is 4.74 Å². The summed E-state index contributed by atoms with van der Waals surface area (Å²) in [5.41, 5.74) is 0. The summed E-state index contributed by atoms with van der Waals surface area (Å²) in [7, 11) is 0. The fourth-order valence-corrected chi connectivity index (χ4v) is 0.777. The van der Waals surface area contributed by atoms with Crippen LogP contribution < -0.4 is 4.74 Å². The Balaban J connectivity index is 0.000000423. The summed E-state index contributed by atoms with van der Waals surface area (Å²) in [4.78, 5) is 7.09. The Bertz CT molecular complexity index is 261. The molecule has 0 aliphatic heterocycles. The van der Waals surface area contributed by atoms with Gasteiger partial charge in [-0.1, -0.05) is 13.0 Å². The molecule has 85 valence electrons. The zero-order chi connectivity index (χ0) is 11.7. The molecule has 0 unspecified atom stereocenters. The van der Waals surface area contributed by atoms with Gasteiger partial charge in [0.15, 0.2) is 0 Å². The molecule has 0 saturated heterocycles. The van der Waals surface area contributed by atoms with E-state index in [9.17, 15) is 4.39 Å². The first-order chi connectivity index (χ1) is 7.06. The molecule has 0 aliphatic carbocycles. The van der Waals surface area contributed by atoms with Crippen molar-refractivity contribution in [1.82, 2.24) is 0 Å². The van der Waals surface area contributed by atoms with Gasteiger partial charge in [-0.05, 0) is 18.6 Å². The van der Waals surface area contributed by atoms with Crippen LogP contribution >= 0.6 is 0 Å². The van der Waals surface area contributed by atoms with Crippen LogP contribution in [0.2, 0.25) is 14.8 Å². The van der Waals surface area contributed by atoms with E-state index < -0.39 is 19.8 Å². The van der Waals surface area contributed by atoms with Crippen molar-refractivity contribution in [2.75, 3.05) is 6.61 Å². The van der Waals surface area contributed by atoms with Crippen molar-refractivity contribution in [3.05, 3.63) is 30.1 Å². The Morgan fingerprint density at radius 2 is 1.87 bits per heavy atom. The van der Waals surface area contributed by atoms with E-state index in [4.69, 9.17) is 4.74 Å². The molecular weight excluding hydrogens is 298 g/mol. The molecule has 1 nitrogen and oxygen atoms in total. The monoisotopic (exact) mass is 319 g/mol. The van der Waals surface area contributed by atoms with Crippen LogP contribution in [0.4, 0.5) is 4.39 Å². The van der Waals surface area contributed by atoms with Crippen molar-refractivity contribution in [3.8, 4) is 5.75 Å². The van der Waals surface area contributed by atoms with Crippen LogP contribution in [0, 0.1) is 5.82 Å². The Morgan fingerprint density at radius 3 is 2.33 bits per heavy atom. The predicted molar refractivity (Wildman–Crippen MR) is 65.5 cm³/mol. The first kappa shape index (κ1) is 14.7. The van der Waals surface area contributed by atoms with Gasteiger partial charge in [-0.25, -0.2) is 4.39 Å². The van der Waals surface area contributed by atoms with Crippen LogP contribution in [0.3, 0.4) is 0 Å². The molecule has 0 spiro atoms. The summed E-state index contributed by atoms with van der Waals surface area (Å²) >= 11 is -0.543. The van der Waals surface area contributed by atoms with E-state index in [0.717, 1.165) is 6.42 Å². The van der Waals surface area contributed by atoms with Crippen LogP contribution in [0.15, 0.2) is 24.3 Å². The van der Waals surface area contributed by atoms with E-state index in [1.54, 1.807) is 12.1 Å². The van der Waals surface area contributed by atoms with Crippen molar-refractivity contribution in [3.63, 3.8) is 0 Å². The number of halogens is 1. The van der Waals surface area contributed by atoms with Gasteiger partial charge >= 0.3 is 34.6 Å². The van der Waals surface area contributed by atoms with Gasteiger partial charge in [0.1, 0.15) is 11.6 Å². The topological polar surface area (TPSA) is 9.23 Å². The number of hydrogen-bond acceptors (Lipinski definition) is 1. The summed E-state index contributed by atoms with van der Waals surface area (Å²) in [6, 6.07) is 6.17. The van der Waals surface area contributed by atoms with Crippen molar-refractivity contribution in [2.45, 2.75) is 28.2 Å². The van der Waals surface area contributed by atoms with Gasteiger partial charge in [-0.15, -0.1) is 0 Å².